The molecule has 2 unspecified atom stereocenters. The molecule has 1 aromatic rings. The van der Waals surface area contributed by atoms with Gasteiger partial charge in [-0.1, -0.05) is 6.92 Å². The average Bonchev–Trinajstić information content (AvgIpc) is 2.39. The summed E-state index contributed by atoms with van der Waals surface area (Å²) in [5.74, 6) is 1.26. The first kappa shape index (κ1) is 16.4. The van der Waals surface area contributed by atoms with E-state index < -0.39 is 0 Å². The number of thioether (sulfide) groups is 1. The molecule has 0 aliphatic carbocycles. The Morgan fingerprint density at radius 3 is 2.74 bits per heavy atom. The molecule has 0 bridgehead atoms. The molecule has 5 heteroatoms. The van der Waals surface area contributed by atoms with E-state index in [1.807, 2.05) is 18.8 Å². The fraction of sp³-hybridized carbons (Fsp3) is 0.643. The molecule has 0 fully saturated rings. The van der Waals surface area contributed by atoms with Crippen LogP contribution in [0.5, 0.6) is 0 Å². The molecular formula is C14H24FN3S. The van der Waals surface area contributed by atoms with Crippen LogP contribution in [0.3, 0.4) is 0 Å². The molecule has 0 saturated heterocycles. The Morgan fingerprint density at radius 2 is 2.21 bits per heavy atom. The maximum absolute atomic E-state index is 12.9. The van der Waals surface area contributed by atoms with Crippen molar-refractivity contribution < 1.29 is 4.39 Å². The average molecular weight is 285 g/mol. The topological polar surface area (TPSA) is 28.2 Å². The van der Waals surface area contributed by atoms with Gasteiger partial charge in [-0.05, 0) is 38.4 Å². The maximum atomic E-state index is 12.9. The van der Waals surface area contributed by atoms with Crippen molar-refractivity contribution in [1.82, 2.24) is 15.2 Å². The molecule has 1 rings (SSSR count). The molecule has 0 saturated carbocycles. The minimum Gasteiger partial charge on any atom is -0.311 e. The van der Waals surface area contributed by atoms with Gasteiger partial charge in [0.1, 0.15) is 5.82 Å². The molecule has 0 aliphatic heterocycles. The largest absolute Gasteiger partial charge is 0.311 e. The van der Waals surface area contributed by atoms with Gasteiger partial charge in [-0.3, -0.25) is 4.98 Å². The normalized spacial score (nSPS) is 14.6. The molecule has 0 spiro atoms. The standard InChI is InChI=1S/C14H24FN3S/c1-11(10-18(3)7-8-19-4)14(16-2)13-6-5-12(15)9-17-13/h5-6,9,11,14,16H,7-8,10H2,1-4H3. The van der Waals surface area contributed by atoms with E-state index in [9.17, 15) is 4.39 Å². The van der Waals surface area contributed by atoms with E-state index in [1.54, 1.807) is 6.07 Å². The molecule has 0 aromatic carbocycles. The van der Waals surface area contributed by atoms with Crippen LogP contribution in [0.25, 0.3) is 0 Å². The molecule has 1 aromatic heterocycles. The van der Waals surface area contributed by atoms with Crippen molar-refractivity contribution in [1.29, 1.82) is 0 Å². The van der Waals surface area contributed by atoms with Crippen LogP contribution in [0, 0.1) is 11.7 Å². The van der Waals surface area contributed by atoms with Crippen LogP contribution in [-0.4, -0.2) is 49.1 Å². The Kier molecular flexibility index (Phi) is 7.34. The molecule has 2 atom stereocenters. The lowest BCUT2D eigenvalue weighted by Crippen LogP contribution is -2.34. The zero-order valence-corrected chi connectivity index (χ0v) is 13.0. The van der Waals surface area contributed by atoms with Gasteiger partial charge in [0.2, 0.25) is 0 Å². The monoisotopic (exact) mass is 285 g/mol. The van der Waals surface area contributed by atoms with E-state index in [2.05, 4.69) is 35.4 Å². The van der Waals surface area contributed by atoms with E-state index in [1.165, 1.54) is 12.3 Å². The summed E-state index contributed by atoms with van der Waals surface area (Å²) in [6.07, 6.45) is 3.40. The van der Waals surface area contributed by atoms with Gasteiger partial charge < -0.3 is 10.2 Å². The Labute approximate surface area is 120 Å². The number of nitrogens with zero attached hydrogens (tertiary/aromatic N) is 2. The van der Waals surface area contributed by atoms with Crippen LogP contribution < -0.4 is 5.32 Å². The van der Waals surface area contributed by atoms with Crippen LogP contribution in [0.2, 0.25) is 0 Å². The fourth-order valence-corrected chi connectivity index (χ4v) is 2.72. The number of pyridine rings is 1. The Morgan fingerprint density at radius 1 is 1.47 bits per heavy atom. The van der Waals surface area contributed by atoms with Gasteiger partial charge in [0.15, 0.2) is 0 Å². The van der Waals surface area contributed by atoms with Crippen molar-refractivity contribution in [2.24, 2.45) is 5.92 Å². The number of rotatable bonds is 8. The number of hydrogen-bond donors (Lipinski definition) is 1. The lowest BCUT2D eigenvalue weighted by molar-refractivity contribution is 0.260. The quantitative estimate of drug-likeness (QED) is 0.794. The summed E-state index contributed by atoms with van der Waals surface area (Å²) >= 11 is 1.86. The number of aromatic nitrogens is 1. The summed E-state index contributed by atoms with van der Waals surface area (Å²) in [6.45, 7) is 4.27. The van der Waals surface area contributed by atoms with Crippen molar-refractivity contribution in [2.75, 3.05) is 39.2 Å². The summed E-state index contributed by atoms with van der Waals surface area (Å²) in [5.41, 5.74) is 0.898. The van der Waals surface area contributed by atoms with Crippen LogP contribution in [0.4, 0.5) is 4.39 Å². The van der Waals surface area contributed by atoms with Crippen LogP contribution >= 0.6 is 11.8 Å². The molecule has 19 heavy (non-hydrogen) atoms. The molecule has 0 aliphatic rings. The predicted octanol–water partition coefficient (Wildman–Crippen LogP) is 2.41. The summed E-state index contributed by atoms with van der Waals surface area (Å²) in [7, 11) is 4.06. The third-order valence-corrected chi connectivity index (χ3v) is 3.82. The second-order valence-corrected chi connectivity index (χ2v) is 5.89. The van der Waals surface area contributed by atoms with Crippen molar-refractivity contribution in [3.05, 3.63) is 29.8 Å². The summed E-state index contributed by atoms with van der Waals surface area (Å²) in [4.78, 5) is 6.51. The Balaban J connectivity index is 2.60. The van der Waals surface area contributed by atoms with E-state index in [-0.39, 0.29) is 11.9 Å². The van der Waals surface area contributed by atoms with E-state index in [4.69, 9.17) is 0 Å². The lowest BCUT2D eigenvalue weighted by Gasteiger charge is -2.27. The van der Waals surface area contributed by atoms with Crippen molar-refractivity contribution in [3.8, 4) is 0 Å². The van der Waals surface area contributed by atoms with Crippen LogP contribution in [0.15, 0.2) is 18.3 Å². The van der Waals surface area contributed by atoms with Crippen LogP contribution in [0.1, 0.15) is 18.7 Å². The second kappa shape index (κ2) is 8.51. The molecule has 1 heterocycles. The maximum Gasteiger partial charge on any atom is 0.141 e. The number of nitrogens with one attached hydrogen (secondary N) is 1. The van der Waals surface area contributed by atoms with Gasteiger partial charge in [-0.2, -0.15) is 11.8 Å². The van der Waals surface area contributed by atoms with E-state index in [0.717, 1.165) is 24.5 Å². The minimum atomic E-state index is -0.289. The second-order valence-electron chi connectivity index (χ2n) is 4.90. The summed E-state index contributed by atoms with van der Waals surface area (Å²) in [5, 5.41) is 3.28. The highest BCUT2D eigenvalue weighted by Gasteiger charge is 2.20. The fourth-order valence-electron chi connectivity index (χ4n) is 2.23. The SMILES string of the molecule is CNC(c1ccc(F)cn1)C(C)CN(C)CCSC. The third-order valence-electron chi connectivity index (χ3n) is 3.23. The Hall–Kier alpha value is -0.650. The van der Waals surface area contributed by atoms with Gasteiger partial charge in [0.05, 0.1) is 17.9 Å². The first-order chi connectivity index (χ1) is 9.08. The number of halogens is 1. The van der Waals surface area contributed by atoms with Gasteiger partial charge >= 0.3 is 0 Å². The van der Waals surface area contributed by atoms with Gasteiger partial charge in [-0.15, -0.1) is 0 Å². The minimum absolute atomic E-state index is 0.150. The first-order valence-electron chi connectivity index (χ1n) is 6.54. The molecule has 0 radical (unpaired) electrons. The van der Waals surface area contributed by atoms with E-state index >= 15 is 0 Å². The lowest BCUT2D eigenvalue weighted by atomic mass is 9.98. The van der Waals surface area contributed by atoms with Crippen LogP contribution in [-0.2, 0) is 0 Å². The number of hydrogen-bond acceptors (Lipinski definition) is 4. The Bertz CT molecular complexity index is 358. The van der Waals surface area contributed by atoms with Gasteiger partial charge in [0, 0.05) is 18.8 Å². The summed E-state index contributed by atoms with van der Waals surface area (Å²) < 4.78 is 12.9. The highest BCUT2D eigenvalue weighted by Crippen LogP contribution is 2.20. The summed E-state index contributed by atoms with van der Waals surface area (Å²) in [6, 6.07) is 3.38. The van der Waals surface area contributed by atoms with E-state index in [0.29, 0.717) is 5.92 Å². The predicted molar refractivity (Wildman–Crippen MR) is 81.0 cm³/mol. The smallest absolute Gasteiger partial charge is 0.141 e. The van der Waals surface area contributed by atoms with Crippen molar-refractivity contribution >= 4 is 11.8 Å². The molecule has 0 amide bonds. The zero-order valence-electron chi connectivity index (χ0n) is 12.2. The van der Waals surface area contributed by atoms with Gasteiger partial charge in [-0.25, -0.2) is 4.39 Å². The molecular weight excluding hydrogens is 261 g/mol. The van der Waals surface area contributed by atoms with Gasteiger partial charge in [0.25, 0.3) is 0 Å². The van der Waals surface area contributed by atoms with Crippen molar-refractivity contribution in [3.63, 3.8) is 0 Å². The highest BCUT2D eigenvalue weighted by atomic mass is 32.2. The molecule has 108 valence electrons. The zero-order chi connectivity index (χ0) is 14.3. The first-order valence-corrected chi connectivity index (χ1v) is 7.94. The molecule has 1 N–H and O–H groups in total. The van der Waals surface area contributed by atoms with Crippen molar-refractivity contribution in [2.45, 2.75) is 13.0 Å². The highest BCUT2D eigenvalue weighted by molar-refractivity contribution is 7.98. The molecule has 3 nitrogen and oxygen atoms in total. The third kappa shape index (κ3) is 5.47.